The molecule has 3 rings (SSSR count). The number of alkyl halides is 3. The standard InChI is InChI=1S/C18H14F5N3O/c1-26-9-13(15(25-26)16(21)22)17(27)24-18(23)8-12(20)5-6-14(18)10-3-2-4-11(19)7-10/h2-7,9,16H,8H2,1H3,(H,24,27). The number of aryl methyl sites for hydroxylation is 1. The van der Waals surface area contributed by atoms with Gasteiger partial charge < -0.3 is 5.32 Å². The number of rotatable bonds is 4. The summed E-state index contributed by atoms with van der Waals surface area (Å²) >= 11 is 0. The van der Waals surface area contributed by atoms with E-state index in [4.69, 9.17) is 0 Å². The number of carbonyl (C=O) groups is 1. The Morgan fingerprint density at radius 3 is 2.70 bits per heavy atom. The summed E-state index contributed by atoms with van der Waals surface area (Å²) in [6.07, 6.45) is -0.820. The number of nitrogens with one attached hydrogen (secondary N) is 1. The zero-order valence-corrected chi connectivity index (χ0v) is 14.0. The minimum Gasteiger partial charge on any atom is -0.316 e. The van der Waals surface area contributed by atoms with E-state index < -0.39 is 47.4 Å². The van der Waals surface area contributed by atoms with Gasteiger partial charge in [0, 0.05) is 18.8 Å². The third-order valence-electron chi connectivity index (χ3n) is 4.03. The first-order valence-electron chi connectivity index (χ1n) is 7.85. The Kier molecular flexibility index (Phi) is 4.86. The van der Waals surface area contributed by atoms with Gasteiger partial charge in [-0.05, 0) is 23.8 Å². The molecule has 1 aliphatic rings. The van der Waals surface area contributed by atoms with Gasteiger partial charge in [-0.25, -0.2) is 22.0 Å². The smallest absolute Gasteiger partial charge is 0.282 e. The van der Waals surface area contributed by atoms with Crippen LogP contribution < -0.4 is 5.32 Å². The van der Waals surface area contributed by atoms with Crippen molar-refractivity contribution in [3.05, 3.63) is 71.1 Å². The summed E-state index contributed by atoms with van der Waals surface area (Å²) in [6.45, 7) is 0. The van der Waals surface area contributed by atoms with Crippen molar-refractivity contribution >= 4 is 11.5 Å². The molecule has 0 bridgehead atoms. The van der Waals surface area contributed by atoms with Crippen molar-refractivity contribution < 1.29 is 26.7 Å². The van der Waals surface area contributed by atoms with Crippen LogP contribution in [-0.2, 0) is 7.05 Å². The maximum absolute atomic E-state index is 15.6. The second-order valence-corrected chi connectivity index (χ2v) is 6.04. The molecular formula is C18H14F5N3O. The predicted molar refractivity (Wildman–Crippen MR) is 87.7 cm³/mol. The fourth-order valence-corrected chi connectivity index (χ4v) is 2.87. The number of benzene rings is 1. The molecule has 1 aliphatic carbocycles. The monoisotopic (exact) mass is 383 g/mol. The summed E-state index contributed by atoms with van der Waals surface area (Å²) in [6, 6.07) is 4.89. The van der Waals surface area contributed by atoms with Gasteiger partial charge in [-0.3, -0.25) is 9.48 Å². The largest absolute Gasteiger partial charge is 0.316 e. The van der Waals surface area contributed by atoms with Gasteiger partial charge in [-0.2, -0.15) is 5.10 Å². The molecule has 4 nitrogen and oxygen atoms in total. The van der Waals surface area contributed by atoms with E-state index in [0.717, 1.165) is 35.2 Å². The van der Waals surface area contributed by atoms with Gasteiger partial charge in [0.25, 0.3) is 12.3 Å². The van der Waals surface area contributed by atoms with Crippen LogP contribution in [-0.4, -0.2) is 21.5 Å². The van der Waals surface area contributed by atoms with Crippen LogP contribution in [0.1, 0.15) is 34.5 Å². The summed E-state index contributed by atoms with van der Waals surface area (Å²) in [4.78, 5) is 12.4. The van der Waals surface area contributed by atoms with Crippen LogP contribution in [0.2, 0.25) is 0 Å². The molecule has 0 radical (unpaired) electrons. The molecule has 0 saturated heterocycles. The molecule has 1 amide bonds. The normalized spacial score (nSPS) is 19.7. The van der Waals surface area contributed by atoms with E-state index >= 15 is 4.39 Å². The van der Waals surface area contributed by atoms with Gasteiger partial charge in [0.1, 0.15) is 17.3 Å². The van der Waals surface area contributed by atoms with E-state index in [0.29, 0.717) is 0 Å². The Balaban J connectivity index is 1.97. The Hall–Kier alpha value is -2.97. The van der Waals surface area contributed by atoms with Crippen LogP contribution in [0.25, 0.3) is 5.57 Å². The summed E-state index contributed by atoms with van der Waals surface area (Å²) in [5.41, 5.74) is -1.46. The van der Waals surface area contributed by atoms with Crippen LogP contribution >= 0.6 is 0 Å². The number of aromatic nitrogens is 2. The van der Waals surface area contributed by atoms with Crippen LogP contribution in [0, 0.1) is 5.82 Å². The SMILES string of the molecule is Cn1cc(C(=O)NC2(F)CC(F)=CC=C2c2cccc(F)c2)c(C(F)F)n1. The lowest BCUT2D eigenvalue weighted by atomic mass is 9.89. The summed E-state index contributed by atoms with van der Waals surface area (Å²) in [5.74, 6) is -5.45. The molecule has 0 fully saturated rings. The number of hydrogen-bond donors (Lipinski definition) is 1. The average Bonchev–Trinajstić information content (AvgIpc) is 2.97. The highest BCUT2D eigenvalue weighted by Gasteiger charge is 2.41. The van der Waals surface area contributed by atoms with Crippen LogP contribution in [0.4, 0.5) is 22.0 Å². The Labute approximate surface area is 151 Å². The quantitative estimate of drug-likeness (QED) is 0.634. The van der Waals surface area contributed by atoms with Crippen molar-refractivity contribution in [2.75, 3.05) is 0 Å². The van der Waals surface area contributed by atoms with Gasteiger partial charge in [-0.1, -0.05) is 18.2 Å². The second kappa shape index (κ2) is 6.98. The zero-order chi connectivity index (χ0) is 19.8. The summed E-state index contributed by atoms with van der Waals surface area (Å²) < 4.78 is 69.9. The van der Waals surface area contributed by atoms with Gasteiger partial charge in [0.15, 0.2) is 0 Å². The minimum atomic E-state index is -3.05. The van der Waals surface area contributed by atoms with Gasteiger partial charge in [0.05, 0.1) is 12.0 Å². The van der Waals surface area contributed by atoms with Crippen LogP contribution in [0.5, 0.6) is 0 Å². The lowest BCUT2D eigenvalue weighted by Gasteiger charge is -2.31. The minimum absolute atomic E-state index is 0.0850. The van der Waals surface area contributed by atoms with E-state index in [9.17, 15) is 22.4 Å². The molecule has 1 heterocycles. The zero-order valence-electron chi connectivity index (χ0n) is 14.0. The molecule has 1 aromatic heterocycles. The van der Waals surface area contributed by atoms with E-state index in [-0.39, 0.29) is 11.1 Å². The summed E-state index contributed by atoms with van der Waals surface area (Å²) in [7, 11) is 1.33. The predicted octanol–water partition coefficient (Wildman–Crippen LogP) is 4.23. The number of amides is 1. The molecule has 1 unspecified atom stereocenters. The van der Waals surface area contributed by atoms with Crippen molar-refractivity contribution in [2.24, 2.45) is 7.05 Å². The van der Waals surface area contributed by atoms with Crippen LogP contribution in [0.15, 0.2) is 48.4 Å². The average molecular weight is 383 g/mol. The molecule has 0 saturated carbocycles. The molecule has 1 aromatic carbocycles. The van der Waals surface area contributed by atoms with Crippen molar-refractivity contribution in [1.29, 1.82) is 0 Å². The fraction of sp³-hybridized carbons (Fsp3) is 0.222. The fourth-order valence-electron chi connectivity index (χ4n) is 2.87. The van der Waals surface area contributed by atoms with Crippen LogP contribution in [0.3, 0.4) is 0 Å². The van der Waals surface area contributed by atoms with E-state index in [2.05, 4.69) is 5.10 Å². The molecule has 142 valence electrons. The Morgan fingerprint density at radius 2 is 2.04 bits per heavy atom. The Bertz CT molecular complexity index is 950. The molecule has 1 atom stereocenters. The maximum Gasteiger partial charge on any atom is 0.282 e. The molecule has 0 spiro atoms. The van der Waals surface area contributed by atoms with Gasteiger partial charge >= 0.3 is 0 Å². The first-order chi connectivity index (χ1) is 12.7. The number of nitrogens with zero attached hydrogens (tertiary/aromatic N) is 2. The first kappa shape index (κ1) is 18.8. The lowest BCUT2D eigenvalue weighted by molar-refractivity contribution is 0.0810. The topological polar surface area (TPSA) is 46.9 Å². The molecule has 0 aliphatic heterocycles. The Morgan fingerprint density at radius 1 is 1.30 bits per heavy atom. The highest BCUT2D eigenvalue weighted by atomic mass is 19.3. The molecule has 9 heteroatoms. The van der Waals surface area contributed by atoms with Crippen molar-refractivity contribution in [1.82, 2.24) is 15.1 Å². The molecular weight excluding hydrogens is 369 g/mol. The summed E-state index contributed by atoms with van der Waals surface area (Å²) in [5, 5.41) is 5.44. The third-order valence-corrected chi connectivity index (χ3v) is 4.03. The second-order valence-electron chi connectivity index (χ2n) is 6.04. The molecule has 27 heavy (non-hydrogen) atoms. The lowest BCUT2D eigenvalue weighted by Crippen LogP contribution is -2.46. The van der Waals surface area contributed by atoms with Crippen molar-refractivity contribution in [2.45, 2.75) is 18.6 Å². The van der Waals surface area contributed by atoms with E-state index in [1.54, 1.807) is 0 Å². The highest BCUT2D eigenvalue weighted by molar-refractivity contribution is 5.97. The maximum atomic E-state index is 15.6. The van der Waals surface area contributed by atoms with Gasteiger partial charge in [-0.15, -0.1) is 0 Å². The number of hydrogen-bond acceptors (Lipinski definition) is 2. The highest BCUT2D eigenvalue weighted by Crippen LogP contribution is 2.38. The molecule has 1 N–H and O–H groups in total. The first-order valence-corrected chi connectivity index (χ1v) is 7.85. The number of carbonyl (C=O) groups excluding carboxylic acids is 1. The van der Waals surface area contributed by atoms with Crippen molar-refractivity contribution in [3.63, 3.8) is 0 Å². The van der Waals surface area contributed by atoms with Crippen molar-refractivity contribution in [3.8, 4) is 0 Å². The van der Waals surface area contributed by atoms with Gasteiger partial charge in [0.2, 0.25) is 5.79 Å². The van der Waals surface area contributed by atoms with E-state index in [1.807, 2.05) is 5.32 Å². The number of halogens is 5. The number of allylic oxidation sites excluding steroid dienone is 2. The third kappa shape index (κ3) is 3.76. The van der Waals surface area contributed by atoms with E-state index in [1.165, 1.54) is 19.2 Å². The molecule has 2 aromatic rings.